The van der Waals surface area contributed by atoms with Gasteiger partial charge in [-0.1, -0.05) is 20.3 Å². The van der Waals surface area contributed by atoms with Gasteiger partial charge >= 0.3 is 0 Å². The Labute approximate surface area is 116 Å². The van der Waals surface area contributed by atoms with Gasteiger partial charge in [0, 0.05) is 19.8 Å². The number of rotatable bonds is 6. The quantitative estimate of drug-likeness (QED) is 0.802. The largest absolute Gasteiger partial charge is 0.381 e. The first-order chi connectivity index (χ1) is 9.10. The molecule has 0 saturated carbocycles. The zero-order valence-corrected chi connectivity index (χ0v) is 12.6. The van der Waals surface area contributed by atoms with E-state index >= 15 is 0 Å². The van der Waals surface area contributed by atoms with E-state index in [4.69, 9.17) is 4.74 Å². The number of amides is 1. The second-order valence-electron chi connectivity index (χ2n) is 6.15. The van der Waals surface area contributed by atoms with Gasteiger partial charge in [-0.3, -0.25) is 10.1 Å². The molecule has 2 aliphatic rings. The van der Waals surface area contributed by atoms with E-state index in [9.17, 15) is 4.79 Å². The van der Waals surface area contributed by atoms with Crippen LogP contribution in [-0.2, 0) is 9.53 Å². The Hall–Kier alpha value is -0.610. The van der Waals surface area contributed by atoms with Crippen molar-refractivity contribution in [2.45, 2.75) is 64.6 Å². The Bertz CT molecular complexity index is 315. The number of hydrogen-bond acceptors (Lipinski definition) is 3. The molecule has 2 rings (SSSR count). The first-order valence-electron chi connectivity index (χ1n) is 7.77. The van der Waals surface area contributed by atoms with Gasteiger partial charge in [0.1, 0.15) is 0 Å². The topological polar surface area (TPSA) is 41.6 Å². The molecule has 0 aromatic rings. The van der Waals surface area contributed by atoms with Crippen LogP contribution in [0.5, 0.6) is 0 Å². The molecule has 1 N–H and O–H groups in total. The smallest absolute Gasteiger partial charge is 0.243 e. The van der Waals surface area contributed by atoms with Crippen LogP contribution < -0.4 is 5.32 Å². The molecule has 19 heavy (non-hydrogen) atoms. The zero-order valence-electron chi connectivity index (χ0n) is 12.6. The summed E-state index contributed by atoms with van der Waals surface area (Å²) < 4.78 is 5.42. The summed E-state index contributed by atoms with van der Waals surface area (Å²) in [6, 6.07) is 0. The molecule has 3 unspecified atom stereocenters. The fourth-order valence-corrected chi connectivity index (χ4v) is 3.11. The highest BCUT2D eigenvalue weighted by molar-refractivity contribution is 5.88. The summed E-state index contributed by atoms with van der Waals surface area (Å²) in [6.45, 7) is 8.94. The van der Waals surface area contributed by atoms with Crippen LogP contribution in [-0.4, -0.2) is 42.3 Å². The van der Waals surface area contributed by atoms with E-state index in [1.807, 2.05) is 6.92 Å². The highest BCUT2D eigenvalue weighted by Gasteiger charge is 2.45. The van der Waals surface area contributed by atoms with Crippen LogP contribution >= 0.6 is 0 Å². The van der Waals surface area contributed by atoms with E-state index < -0.39 is 0 Å². The lowest BCUT2D eigenvalue weighted by molar-refractivity contribution is -0.133. The molecule has 4 heteroatoms. The first-order valence-corrected chi connectivity index (χ1v) is 7.77. The van der Waals surface area contributed by atoms with Crippen LogP contribution in [0.15, 0.2) is 0 Å². The van der Waals surface area contributed by atoms with Gasteiger partial charge in [0.05, 0.1) is 11.7 Å². The molecule has 0 aromatic carbocycles. The number of nitrogens with one attached hydrogen (secondary N) is 1. The molecule has 0 radical (unpaired) electrons. The summed E-state index contributed by atoms with van der Waals surface area (Å²) >= 11 is 0. The van der Waals surface area contributed by atoms with E-state index in [0.29, 0.717) is 5.92 Å². The molecule has 110 valence electrons. The van der Waals surface area contributed by atoms with Crippen LogP contribution in [0.25, 0.3) is 0 Å². The van der Waals surface area contributed by atoms with Gasteiger partial charge in [-0.05, 0) is 38.5 Å². The van der Waals surface area contributed by atoms with Gasteiger partial charge in [0.25, 0.3) is 0 Å². The lowest BCUT2D eigenvalue weighted by atomic mass is 9.99. The number of hydrogen-bond donors (Lipinski definition) is 1. The minimum Gasteiger partial charge on any atom is -0.381 e. The number of ether oxygens (including phenoxy) is 1. The van der Waals surface area contributed by atoms with E-state index in [0.717, 1.165) is 51.9 Å². The summed E-state index contributed by atoms with van der Waals surface area (Å²) in [4.78, 5) is 14.7. The Balaban J connectivity index is 1.96. The average molecular weight is 268 g/mol. The second-order valence-corrected chi connectivity index (χ2v) is 6.15. The molecule has 4 nitrogen and oxygen atoms in total. The summed E-state index contributed by atoms with van der Waals surface area (Å²) in [5, 5.41) is 3.54. The third-order valence-corrected chi connectivity index (χ3v) is 4.67. The van der Waals surface area contributed by atoms with Crippen molar-refractivity contribution in [1.82, 2.24) is 10.2 Å². The van der Waals surface area contributed by atoms with Crippen molar-refractivity contribution < 1.29 is 9.53 Å². The first kappa shape index (κ1) is 14.8. The van der Waals surface area contributed by atoms with E-state index in [-0.39, 0.29) is 17.6 Å². The molecule has 2 saturated heterocycles. The molecule has 0 bridgehead atoms. The number of nitrogens with zero attached hydrogens (tertiary/aromatic N) is 1. The Morgan fingerprint density at radius 3 is 2.79 bits per heavy atom. The predicted molar refractivity (Wildman–Crippen MR) is 75.8 cm³/mol. The molecule has 2 fully saturated rings. The minimum atomic E-state index is -0.355. The maximum Gasteiger partial charge on any atom is 0.243 e. The Morgan fingerprint density at radius 1 is 1.42 bits per heavy atom. The third-order valence-electron chi connectivity index (χ3n) is 4.67. The Kier molecular flexibility index (Phi) is 4.85. The lowest BCUT2D eigenvalue weighted by Gasteiger charge is -2.25. The number of carbonyl (C=O) groups excluding carboxylic acids is 1. The molecular weight excluding hydrogens is 240 g/mol. The van der Waals surface area contributed by atoms with Crippen LogP contribution in [0.2, 0.25) is 0 Å². The van der Waals surface area contributed by atoms with Crippen molar-refractivity contribution >= 4 is 5.91 Å². The highest BCUT2D eigenvalue weighted by Crippen LogP contribution is 2.27. The van der Waals surface area contributed by atoms with E-state index in [1.54, 1.807) is 0 Å². The molecule has 3 atom stereocenters. The third kappa shape index (κ3) is 3.11. The molecular formula is C15H28N2O2. The average Bonchev–Trinajstić information content (AvgIpc) is 2.98. The van der Waals surface area contributed by atoms with Gasteiger partial charge < -0.3 is 9.64 Å². The standard InChI is InChI=1S/C15H28N2O2/c1-4-6-13-16-15(3,5-2)14(18)17(13)9-7-12-8-10-19-11-12/h12-13,16H,4-11H2,1-3H3. The fourth-order valence-electron chi connectivity index (χ4n) is 3.11. The van der Waals surface area contributed by atoms with Crippen molar-refractivity contribution in [1.29, 1.82) is 0 Å². The minimum absolute atomic E-state index is 0.227. The maximum absolute atomic E-state index is 12.6. The van der Waals surface area contributed by atoms with Crippen molar-refractivity contribution in [3.05, 3.63) is 0 Å². The van der Waals surface area contributed by atoms with Crippen LogP contribution in [0, 0.1) is 5.92 Å². The maximum atomic E-state index is 12.6. The van der Waals surface area contributed by atoms with Crippen molar-refractivity contribution in [2.75, 3.05) is 19.8 Å². The SMILES string of the molecule is CCCC1NC(C)(CC)C(=O)N1CCC1CCOC1. The molecule has 0 aromatic heterocycles. The van der Waals surface area contributed by atoms with Crippen molar-refractivity contribution in [3.63, 3.8) is 0 Å². The van der Waals surface area contributed by atoms with E-state index in [2.05, 4.69) is 24.1 Å². The summed E-state index contributed by atoms with van der Waals surface area (Å²) in [6.07, 6.45) is 5.46. The van der Waals surface area contributed by atoms with Gasteiger partial charge in [-0.15, -0.1) is 0 Å². The molecule has 2 aliphatic heterocycles. The monoisotopic (exact) mass is 268 g/mol. The Morgan fingerprint density at radius 2 is 2.21 bits per heavy atom. The summed E-state index contributed by atoms with van der Waals surface area (Å²) in [5.74, 6) is 0.927. The summed E-state index contributed by atoms with van der Waals surface area (Å²) in [7, 11) is 0. The van der Waals surface area contributed by atoms with Crippen molar-refractivity contribution in [2.24, 2.45) is 5.92 Å². The summed E-state index contributed by atoms with van der Waals surface area (Å²) in [5.41, 5.74) is -0.355. The van der Waals surface area contributed by atoms with Crippen molar-refractivity contribution in [3.8, 4) is 0 Å². The van der Waals surface area contributed by atoms with E-state index in [1.165, 1.54) is 0 Å². The predicted octanol–water partition coefficient (Wildman–Crippen LogP) is 2.14. The number of carbonyl (C=O) groups is 1. The van der Waals surface area contributed by atoms with Crippen LogP contribution in [0.1, 0.15) is 52.9 Å². The van der Waals surface area contributed by atoms with Gasteiger partial charge in [-0.2, -0.15) is 0 Å². The molecule has 0 spiro atoms. The fraction of sp³-hybridized carbons (Fsp3) is 0.933. The van der Waals surface area contributed by atoms with Gasteiger partial charge in [-0.25, -0.2) is 0 Å². The van der Waals surface area contributed by atoms with Crippen LogP contribution in [0.3, 0.4) is 0 Å². The lowest BCUT2D eigenvalue weighted by Crippen LogP contribution is -2.43. The van der Waals surface area contributed by atoms with Gasteiger partial charge in [0.15, 0.2) is 0 Å². The zero-order chi connectivity index (χ0) is 13.9. The highest BCUT2D eigenvalue weighted by atomic mass is 16.5. The molecule has 2 heterocycles. The normalized spacial score (nSPS) is 35.3. The molecule has 1 amide bonds. The second kappa shape index (κ2) is 6.23. The van der Waals surface area contributed by atoms with Gasteiger partial charge in [0.2, 0.25) is 5.91 Å². The van der Waals surface area contributed by atoms with Crippen LogP contribution in [0.4, 0.5) is 0 Å². The molecule has 0 aliphatic carbocycles.